The number of rotatable bonds is 6. The van der Waals surface area contributed by atoms with E-state index in [1.54, 1.807) is 0 Å². The molecule has 1 spiro atoms. The van der Waals surface area contributed by atoms with Gasteiger partial charge in [0.1, 0.15) is 0 Å². The van der Waals surface area contributed by atoms with Crippen molar-refractivity contribution in [2.75, 3.05) is 0 Å². The lowest BCUT2D eigenvalue weighted by molar-refractivity contribution is 0.842. The van der Waals surface area contributed by atoms with Crippen molar-refractivity contribution in [3.05, 3.63) is 221 Å². The molecule has 0 fully saturated rings. The van der Waals surface area contributed by atoms with Crippen LogP contribution in [0.4, 0.5) is 0 Å². The van der Waals surface area contributed by atoms with Crippen LogP contribution >= 0.6 is 0 Å². The Balaban J connectivity index is 1.14. The maximum Gasteiger partial charge on any atom is 0.164 e. The van der Waals surface area contributed by atoms with Crippen LogP contribution in [-0.2, 0) is 5.41 Å². The predicted molar refractivity (Wildman–Crippen MR) is 224 cm³/mol. The van der Waals surface area contributed by atoms with Gasteiger partial charge < -0.3 is 0 Å². The zero-order valence-electron chi connectivity index (χ0n) is 29.8. The van der Waals surface area contributed by atoms with Crippen LogP contribution in [0.1, 0.15) is 33.4 Å². The number of aromatic nitrogens is 3. The van der Waals surface area contributed by atoms with Crippen molar-refractivity contribution >= 4 is 23.8 Å². The molecule has 0 atom stereocenters. The summed E-state index contributed by atoms with van der Waals surface area (Å²) in [5.74, 6) is 2.36. The number of amidine groups is 1. The molecule has 55 heavy (non-hydrogen) atoms. The first-order valence-corrected chi connectivity index (χ1v) is 18.4. The van der Waals surface area contributed by atoms with Gasteiger partial charge in [-0.3, -0.25) is 0 Å². The van der Waals surface area contributed by atoms with E-state index >= 15 is 0 Å². The Kier molecular flexibility index (Phi) is 7.77. The second-order valence-electron chi connectivity index (χ2n) is 13.7. The molecule has 0 saturated heterocycles. The summed E-state index contributed by atoms with van der Waals surface area (Å²) >= 11 is 0. The Morgan fingerprint density at radius 1 is 0.400 bits per heavy atom. The van der Waals surface area contributed by atoms with Crippen LogP contribution in [0.2, 0.25) is 0 Å². The highest BCUT2D eigenvalue weighted by Crippen LogP contribution is 2.64. The zero-order valence-corrected chi connectivity index (χ0v) is 29.8. The summed E-state index contributed by atoms with van der Waals surface area (Å²) < 4.78 is 0. The highest BCUT2D eigenvalue weighted by atomic mass is 15.0. The Morgan fingerprint density at radius 3 is 1.25 bits per heavy atom. The Labute approximate surface area is 319 Å². The minimum atomic E-state index is -0.564. The molecule has 0 unspecified atom stereocenters. The van der Waals surface area contributed by atoms with E-state index in [2.05, 4.69) is 115 Å². The fourth-order valence-corrected chi connectivity index (χ4v) is 8.34. The fraction of sp³-hybridized carbons (Fsp3) is 0.0200. The summed E-state index contributed by atoms with van der Waals surface area (Å²) in [5, 5.41) is 0. The Morgan fingerprint density at radius 2 is 0.782 bits per heavy atom. The average molecular weight is 704 g/mol. The van der Waals surface area contributed by atoms with Gasteiger partial charge in [0.15, 0.2) is 23.3 Å². The molecule has 0 saturated carbocycles. The van der Waals surface area contributed by atoms with Crippen LogP contribution in [0.25, 0.3) is 56.6 Å². The second-order valence-corrected chi connectivity index (χ2v) is 13.7. The number of allylic oxidation sites excluding steroid dienone is 1. The summed E-state index contributed by atoms with van der Waals surface area (Å²) in [6, 6.07) is 65.1. The summed E-state index contributed by atoms with van der Waals surface area (Å²) in [5.41, 5.74) is 13.4. The summed E-state index contributed by atoms with van der Waals surface area (Å²) in [7, 11) is 0. The molecular formula is C50H33N5. The number of benzene rings is 7. The first kappa shape index (κ1) is 32.3. The number of fused-ring (bicyclic) bond motifs is 7. The average Bonchev–Trinajstić information content (AvgIpc) is 3.73. The SMILES string of the molecule is C=NC(=NC1=C(c2ccccc2)C2(c3ccccc31)c1ccccc1-c1ccccc12)c1ccc(-c2nc(-c3ccccc3)nc(-c3ccccc3)n2)cc1. The third-order valence-electron chi connectivity index (χ3n) is 10.7. The smallest absolute Gasteiger partial charge is 0.164 e. The van der Waals surface area contributed by atoms with Crippen LogP contribution in [-0.4, -0.2) is 27.5 Å². The van der Waals surface area contributed by atoms with E-state index in [4.69, 9.17) is 19.9 Å². The normalized spacial score (nSPS) is 13.7. The van der Waals surface area contributed by atoms with E-state index in [1.165, 1.54) is 27.8 Å². The second kappa shape index (κ2) is 13.2. The van der Waals surface area contributed by atoms with Crippen molar-refractivity contribution < 1.29 is 0 Å². The predicted octanol–water partition coefficient (Wildman–Crippen LogP) is 11.2. The summed E-state index contributed by atoms with van der Waals surface area (Å²) in [4.78, 5) is 24.7. The minimum absolute atomic E-state index is 0.534. The molecule has 5 nitrogen and oxygen atoms in total. The number of aliphatic imine (C=N–C) groups is 2. The van der Waals surface area contributed by atoms with E-state index in [0.717, 1.165) is 44.7 Å². The maximum atomic E-state index is 5.46. The van der Waals surface area contributed by atoms with E-state index in [9.17, 15) is 0 Å². The molecule has 0 N–H and O–H groups in total. The summed E-state index contributed by atoms with van der Waals surface area (Å²) in [6.45, 7) is 4.03. The molecule has 5 heteroatoms. The van der Waals surface area contributed by atoms with Crippen molar-refractivity contribution in [3.63, 3.8) is 0 Å². The van der Waals surface area contributed by atoms with Gasteiger partial charge in [0.05, 0.1) is 11.1 Å². The molecule has 1 aromatic heterocycles. The van der Waals surface area contributed by atoms with Crippen LogP contribution in [0.5, 0.6) is 0 Å². The molecule has 1 heterocycles. The van der Waals surface area contributed by atoms with Crippen molar-refractivity contribution in [3.8, 4) is 45.3 Å². The van der Waals surface area contributed by atoms with Gasteiger partial charge in [-0.25, -0.2) is 24.9 Å². The van der Waals surface area contributed by atoms with Crippen LogP contribution in [0, 0.1) is 0 Å². The Bertz CT molecular complexity index is 2700. The number of hydrogen-bond donors (Lipinski definition) is 0. The van der Waals surface area contributed by atoms with E-state index in [0.29, 0.717) is 23.3 Å². The molecule has 0 aliphatic heterocycles. The molecule has 0 amide bonds. The van der Waals surface area contributed by atoms with Crippen molar-refractivity contribution in [2.45, 2.75) is 5.41 Å². The molecular weight excluding hydrogens is 671 g/mol. The highest BCUT2D eigenvalue weighted by molar-refractivity contribution is 6.13. The summed E-state index contributed by atoms with van der Waals surface area (Å²) in [6.07, 6.45) is 0. The van der Waals surface area contributed by atoms with Crippen molar-refractivity contribution in [1.82, 2.24) is 15.0 Å². The fourth-order valence-electron chi connectivity index (χ4n) is 8.34. The minimum Gasteiger partial charge on any atom is -0.245 e. The first-order valence-electron chi connectivity index (χ1n) is 18.4. The van der Waals surface area contributed by atoms with Crippen LogP contribution < -0.4 is 0 Å². The number of hydrogen-bond acceptors (Lipinski definition) is 4. The lowest BCUT2D eigenvalue weighted by Gasteiger charge is -2.32. The molecule has 0 radical (unpaired) electrons. The van der Waals surface area contributed by atoms with Gasteiger partial charge in [0, 0.05) is 33.4 Å². The van der Waals surface area contributed by atoms with Gasteiger partial charge in [-0.2, -0.15) is 0 Å². The standard InChI is InChI=1S/C50H33N5/c1-51-46(36-29-31-37(32-30-36)49-54-47(34-19-7-3-8-20-34)53-48(55-49)35-21-9-4-10-22-35)52-45-40-25-13-16-28-43(40)50(44(45)33-17-5-2-6-18-33)41-26-14-11-23-38(41)39-24-12-15-27-42(39)50/h2-32H,1H2. The molecule has 10 rings (SSSR count). The van der Waals surface area contributed by atoms with Crippen molar-refractivity contribution in [1.29, 1.82) is 0 Å². The molecule has 8 aromatic rings. The lowest BCUT2D eigenvalue weighted by Crippen LogP contribution is -2.26. The molecule has 2 aliphatic carbocycles. The third-order valence-corrected chi connectivity index (χ3v) is 10.7. The van der Waals surface area contributed by atoms with Gasteiger partial charge in [-0.15, -0.1) is 0 Å². The van der Waals surface area contributed by atoms with Crippen molar-refractivity contribution in [2.24, 2.45) is 9.98 Å². The topological polar surface area (TPSA) is 63.4 Å². The largest absolute Gasteiger partial charge is 0.245 e. The van der Waals surface area contributed by atoms with E-state index < -0.39 is 5.41 Å². The highest BCUT2D eigenvalue weighted by Gasteiger charge is 2.53. The lowest BCUT2D eigenvalue weighted by atomic mass is 9.68. The van der Waals surface area contributed by atoms with Gasteiger partial charge >= 0.3 is 0 Å². The van der Waals surface area contributed by atoms with Gasteiger partial charge in [0.25, 0.3) is 0 Å². The van der Waals surface area contributed by atoms with E-state index in [-0.39, 0.29) is 0 Å². The van der Waals surface area contributed by atoms with Crippen LogP contribution in [0.3, 0.4) is 0 Å². The molecule has 2 aliphatic rings. The zero-order chi connectivity index (χ0) is 36.8. The van der Waals surface area contributed by atoms with Crippen LogP contribution in [0.15, 0.2) is 198 Å². The first-order chi connectivity index (χ1) is 27.2. The van der Waals surface area contributed by atoms with E-state index in [1.807, 2.05) is 84.9 Å². The monoisotopic (exact) mass is 703 g/mol. The Hall–Kier alpha value is -7.37. The third kappa shape index (κ3) is 5.20. The molecule has 7 aromatic carbocycles. The van der Waals surface area contributed by atoms with Gasteiger partial charge in [0.2, 0.25) is 0 Å². The molecule has 258 valence electrons. The number of nitrogens with zero attached hydrogens (tertiary/aromatic N) is 5. The van der Waals surface area contributed by atoms with Gasteiger partial charge in [-0.1, -0.05) is 188 Å². The maximum absolute atomic E-state index is 5.46. The van der Waals surface area contributed by atoms with Gasteiger partial charge in [-0.05, 0) is 40.1 Å². The quantitative estimate of drug-likeness (QED) is 0.128. The molecule has 0 bridgehead atoms.